The topological polar surface area (TPSA) is 86.0 Å². The van der Waals surface area contributed by atoms with Crippen LogP contribution in [-0.4, -0.2) is 31.3 Å². The average Bonchev–Trinajstić information content (AvgIpc) is 2.77. The average molecular weight is 228 g/mol. The van der Waals surface area contributed by atoms with E-state index in [1.165, 1.54) is 26.4 Å². The number of carbonyl (C=O) groups is 2. The molecule has 0 saturated heterocycles. The number of hydrogen-bond acceptors (Lipinski definition) is 6. The van der Waals surface area contributed by atoms with Gasteiger partial charge < -0.3 is 19.0 Å². The first-order chi connectivity index (χ1) is 7.58. The maximum Gasteiger partial charge on any atom is 0.373 e. The van der Waals surface area contributed by atoms with Gasteiger partial charge >= 0.3 is 11.9 Å². The molecule has 88 valence electrons. The molecule has 1 rings (SSSR count). The van der Waals surface area contributed by atoms with Crippen LogP contribution < -0.4 is 0 Å². The largest absolute Gasteiger partial charge is 0.469 e. The summed E-state index contributed by atoms with van der Waals surface area (Å²) in [5, 5.41) is 9.54. The highest BCUT2D eigenvalue weighted by Gasteiger charge is 2.19. The minimum absolute atomic E-state index is 0.0265. The second-order valence-corrected chi connectivity index (χ2v) is 2.99. The van der Waals surface area contributed by atoms with Crippen molar-refractivity contribution in [2.24, 2.45) is 0 Å². The van der Waals surface area contributed by atoms with Crippen molar-refractivity contribution in [1.29, 1.82) is 0 Å². The van der Waals surface area contributed by atoms with E-state index in [1.807, 2.05) is 0 Å². The highest BCUT2D eigenvalue weighted by atomic mass is 16.5. The van der Waals surface area contributed by atoms with Gasteiger partial charge in [-0.15, -0.1) is 0 Å². The lowest BCUT2D eigenvalue weighted by Gasteiger charge is -2.05. The van der Waals surface area contributed by atoms with Crippen molar-refractivity contribution in [3.8, 4) is 0 Å². The summed E-state index contributed by atoms with van der Waals surface area (Å²) in [5.74, 6) is -1.12. The van der Waals surface area contributed by atoms with Gasteiger partial charge in [-0.3, -0.25) is 4.79 Å². The maximum atomic E-state index is 11.0. The Bertz CT molecular complexity index is 380. The Morgan fingerprint density at radius 1 is 1.38 bits per heavy atom. The van der Waals surface area contributed by atoms with Gasteiger partial charge in [-0.25, -0.2) is 4.79 Å². The first-order valence-electron chi connectivity index (χ1n) is 4.51. The maximum absolute atomic E-state index is 11.0. The van der Waals surface area contributed by atoms with Gasteiger partial charge in [-0.1, -0.05) is 0 Å². The van der Waals surface area contributed by atoms with Crippen LogP contribution in [0.2, 0.25) is 0 Å². The number of rotatable bonds is 4. The van der Waals surface area contributed by atoms with Crippen LogP contribution in [0.1, 0.15) is 28.8 Å². The third kappa shape index (κ3) is 2.83. The van der Waals surface area contributed by atoms with Crippen LogP contribution in [0.15, 0.2) is 16.5 Å². The lowest BCUT2D eigenvalue weighted by atomic mass is 10.2. The molecule has 0 aliphatic heterocycles. The molecule has 0 saturated carbocycles. The summed E-state index contributed by atoms with van der Waals surface area (Å²) in [7, 11) is 2.44. The number of ether oxygens (including phenoxy) is 2. The first kappa shape index (κ1) is 12.3. The number of methoxy groups -OCH3 is 2. The molecule has 1 N–H and O–H groups in total. The monoisotopic (exact) mass is 228 g/mol. The molecule has 0 aromatic carbocycles. The number of hydrogen-bond donors (Lipinski definition) is 1. The molecule has 0 amide bonds. The summed E-state index contributed by atoms with van der Waals surface area (Å²) in [5.41, 5.74) is 0. The van der Waals surface area contributed by atoms with Gasteiger partial charge in [0.1, 0.15) is 11.9 Å². The molecule has 1 atom stereocenters. The molecule has 6 heteroatoms. The fraction of sp³-hybridized carbons (Fsp3) is 0.400. The van der Waals surface area contributed by atoms with Gasteiger partial charge in [-0.05, 0) is 12.1 Å². The first-order valence-corrected chi connectivity index (χ1v) is 4.51. The van der Waals surface area contributed by atoms with Gasteiger partial charge in [-0.2, -0.15) is 0 Å². The fourth-order valence-electron chi connectivity index (χ4n) is 1.08. The van der Waals surface area contributed by atoms with Gasteiger partial charge in [0.15, 0.2) is 0 Å². The Kier molecular flexibility index (Phi) is 4.07. The standard InChI is InChI=1S/C10H12O6/c1-14-9(12)5-6(11)7-3-4-8(16-7)10(13)15-2/h3-4,6,11H,5H2,1-2H3/t6-/m0/s1. The van der Waals surface area contributed by atoms with E-state index in [-0.39, 0.29) is 17.9 Å². The third-order valence-electron chi connectivity index (χ3n) is 1.93. The van der Waals surface area contributed by atoms with Gasteiger partial charge in [0.2, 0.25) is 5.76 Å². The van der Waals surface area contributed by atoms with Crippen molar-refractivity contribution in [3.05, 3.63) is 23.7 Å². The molecule has 1 aromatic heterocycles. The van der Waals surface area contributed by atoms with Crippen LogP contribution in [0, 0.1) is 0 Å². The lowest BCUT2D eigenvalue weighted by molar-refractivity contribution is -0.143. The molecule has 0 spiro atoms. The lowest BCUT2D eigenvalue weighted by Crippen LogP contribution is -2.07. The Balaban J connectivity index is 2.70. The molecule has 16 heavy (non-hydrogen) atoms. The van der Waals surface area contributed by atoms with E-state index in [1.54, 1.807) is 0 Å². The summed E-state index contributed by atoms with van der Waals surface area (Å²) < 4.78 is 13.8. The second-order valence-electron chi connectivity index (χ2n) is 2.99. The van der Waals surface area contributed by atoms with Crippen LogP contribution in [0.25, 0.3) is 0 Å². The molecule has 6 nitrogen and oxygen atoms in total. The Morgan fingerprint density at radius 3 is 2.62 bits per heavy atom. The molecule has 0 aliphatic rings. The van der Waals surface area contributed by atoms with E-state index in [9.17, 15) is 14.7 Å². The Labute approximate surface area is 91.8 Å². The molecular weight excluding hydrogens is 216 g/mol. The van der Waals surface area contributed by atoms with Crippen molar-refractivity contribution in [2.75, 3.05) is 14.2 Å². The molecule has 1 aromatic rings. The zero-order valence-corrected chi connectivity index (χ0v) is 8.93. The molecule has 0 unspecified atom stereocenters. The van der Waals surface area contributed by atoms with E-state index < -0.39 is 18.0 Å². The molecule has 0 bridgehead atoms. The zero-order valence-electron chi connectivity index (χ0n) is 8.93. The second kappa shape index (κ2) is 5.32. The van der Waals surface area contributed by atoms with Crippen molar-refractivity contribution in [1.82, 2.24) is 0 Å². The molecule has 0 fully saturated rings. The Morgan fingerprint density at radius 2 is 2.06 bits per heavy atom. The van der Waals surface area contributed by atoms with E-state index in [2.05, 4.69) is 9.47 Å². The number of esters is 2. The van der Waals surface area contributed by atoms with E-state index in [0.717, 1.165) is 0 Å². The summed E-state index contributed by atoms with van der Waals surface area (Å²) >= 11 is 0. The van der Waals surface area contributed by atoms with Crippen LogP contribution in [0.3, 0.4) is 0 Å². The summed E-state index contributed by atoms with van der Waals surface area (Å²) in [4.78, 5) is 21.9. The van der Waals surface area contributed by atoms with Gasteiger partial charge in [0.05, 0.1) is 20.6 Å². The van der Waals surface area contributed by atoms with Crippen molar-refractivity contribution < 1.29 is 28.6 Å². The van der Waals surface area contributed by atoms with Gasteiger partial charge in [0, 0.05) is 0 Å². The molecule has 0 aliphatic carbocycles. The van der Waals surface area contributed by atoms with E-state index >= 15 is 0 Å². The van der Waals surface area contributed by atoms with Gasteiger partial charge in [0.25, 0.3) is 0 Å². The fourth-order valence-corrected chi connectivity index (χ4v) is 1.08. The molecule has 1 heterocycles. The number of furan rings is 1. The predicted molar refractivity (Wildman–Crippen MR) is 51.6 cm³/mol. The van der Waals surface area contributed by atoms with Crippen LogP contribution in [0.4, 0.5) is 0 Å². The zero-order chi connectivity index (χ0) is 12.1. The smallest absolute Gasteiger partial charge is 0.373 e. The van der Waals surface area contributed by atoms with Crippen LogP contribution in [0.5, 0.6) is 0 Å². The van der Waals surface area contributed by atoms with E-state index in [0.29, 0.717) is 0 Å². The molecular formula is C10H12O6. The number of carbonyl (C=O) groups excluding carboxylic acids is 2. The van der Waals surface area contributed by atoms with E-state index in [4.69, 9.17) is 4.42 Å². The number of aliphatic hydroxyl groups is 1. The SMILES string of the molecule is COC(=O)C[C@H](O)c1ccc(C(=O)OC)o1. The van der Waals surface area contributed by atoms with Crippen LogP contribution in [-0.2, 0) is 14.3 Å². The third-order valence-corrected chi connectivity index (χ3v) is 1.93. The quantitative estimate of drug-likeness (QED) is 0.762. The summed E-state index contributed by atoms with van der Waals surface area (Å²) in [6.45, 7) is 0. The highest BCUT2D eigenvalue weighted by molar-refractivity contribution is 5.86. The predicted octanol–water partition coefficient (Wildman–Crippen LogP) is 0.663. The summed E-state index contributed by atoms with van der Waals surface area (Å²) in [6, 6.07) is 2.77. The van der Waals surface area contributed by atoms with Crippen molar-refractivity contribution >= 4 is 11.9 Å². The normalized spacial score (nSPS) is 11.9. The highest BCUT2D eigenvalue weighted by Crippen LogP contribution is 2.20. The minimum Gasteiger partial charge on any atom is -0.469 e. The number of aliphatic hydroxyl groups excluding tert-OH is 1. The minimum atomic E-state index is -1.13. The molecule has 0 radical (unpaired) electrons. The van der Waals surface area contributed by atoms with Crippen LogP contribution >= 0.6 is 0 Å². The van der Waals surface area contributed by atoms with Crippen molar-refractivity contribution in [2.45, 2.75) is 12.5 Å². The van der Waals surface area contributed by atoms with Crippen molar-refractivity contribution in [3.63, 3.8) is 0 Å². The summed E-state index contributed by atoms with van der Waals surface area (Å²) in [6.07, 6.45) is -1.36. The Hall–Kier alpha value is -1.82.